The number of hydrogen-bond donors (Lipinski definition) is 1. The fourth-order valence-electron chi connectivity index (χ4n) is 1.51. The topological polar surface area (TPSA) is 72.3 Å². The maximum Gasteiger partial charge on any atom is 0.339 e. The second-order valence-corrected chi connectivity index (χ2v) is 4.36. The number of nitrogens with zero attached hydrogens (tertiary/aromatic N) is 2. The third-order valence-electron chi connectivity index (χ3n) is 2.52. The molecule has 0 aliphatic rings. The summed E-state index contributed by atoms with van der Waals surface area (Å²) in [4.78, 5) is 18.7. The quantitative estimate of drug-likeness (QED) is 0.939. The van der Waals surface area contributed by atoms with Crippen LogP contribution in [0.3, 0.4) is 0 Å². The van der Waals surface area contributed by atoms with E-state index in [2.05, 4.69) is 9.97 Å². The van der Waals surface area contributed by atoms with E-state index in [1.165, 1.54) is 24.4 Å². The first-order valence-corrected chi connectivity index (χ1v) is 5.99. The second-order valence-electron chi connectivity index (χ2n) is 3.96. The number of aryl methyl sites for hydroxylation is 1. The third kappa shape index (κ3) is 3.21. The van der Waals surface area contributed by atoms with Crippen LogP contribution < -0.4 is 4.74 Å². The highest BCUT2D eigenvalue weighted by Crippen LogP contribution is 2.21. The molecule has 0 amide bonds. The molecule has 0 saturated carbocycles. The summed E-state index contributed by atoms with van der Waals surface area (Å²) < 4.78 is 18.3. The summed E-state index contributed by atoms with van der Waals surface area (Å²) in [5.41, 5.74) is 0.391. The molecule has 0 fully saturated rings. The first kappa shape index (κ1) is 14.2. The Hall–Kier alpha value is -2.21. The van der Waals surface area contributed by atoms with E-state index in [0.29, 0.717) is 17.3 Å². The number of carboxylic acid groups (broad SMARTS) is 1. The zero-order valence-corrected chi connectivity index (χ0v) is 11.2. The average molecular weight is 297 g/mol. The summed E-state index contributed by atoms with van der Waals surface area (Å²) in [5.74, 6) is -0.912. The van der Waals surface area contributed by atoms with Gasteiger partial charge in [0.15, 0.2) is 5.82 Å². The number of carboxylic acids is 1. The molecule has 5 nitrogen and oxygen atoms in total. The Morgan fingerprint density at radius 1 is 1.50 bits per heavy atom. The van der Waals surface area contributed by atoms with E-state index in [-0.39, 0.29) is 17.2 Å². The molecule has 1 aromatic carbocycles. The molecule has 0 aliphatic carbocycles. The lowest BCUT2D eigenvalue weighted by Gasteiger charge is -2.07. The number of halogens is 2. The van der Waals surface area contributed by atoms with Crippen molar-refractivity contribution in [2.45, 2.75) is 13.5 Å². The molecule has 20 heavy (non-hydrogen) atoms. The molecule has 1 N–H and O–H groups in total. The smallest absolute Gasteiger partial charge is 0.339 e. The summed E-state index contributed by atoms with van der Waals surface area (Å²) >= 11 is 5.62. The highest BCUT2D eigenvalue weighted by atomic mass is 35.5. The molecule has 7 heteroatoms. The molecule has 2 aromatic rings. The molecule has 0 atom stereocenters. The van der Waals surface area contributed by atoms with Gasteiger partial charge in [0.2, 0.25) is 0 Å². The second kappa shape index (κ2) is 5.83. The van der Waals surface area contributed by atoms with Crippen molar-refractivity contribution in [2.24, 2.45) is 0 Å². The summed E-state index contributed by atoms with van der Waals surface area (Å²) in [6.45, 7) is 1.60. The Labute approximate surface area is 119 Å². The lowest BCUT2D eigenvalue weighted by molar-refractivity contribution is 0.0695. The molecule has 1 heterocycles. The SMILES string of the molecule is Cc1nc(COc2ccc(F)c(Cl)c2)ncc1C(=O)O. The van der Waals surface area contributed by atoms with Crippen molar-refractivity contribution in [3.8, 4) is 5.75 Å². The van der Waals surface area contributed by atoms with Gasteiger partial charge in [-0.05, 0) is 19.1 Å². The van der Waals surface area contributed by atoms with E-state index < -0.39 is 11.8 Å². The van der Waals surface area contributed by atoms with Crippen molar-refractivity contribution < 1.29 is 19.0 Å². The fraction of sp³-hybridized carbons (Fsp3) is 0.154. The van der Waals surface area contributed by atoms with E-state index in [1.54, 1.807) is 6.92 Å². The molecule has 0 radical (unpaired) electrons. The Bertz CT molecular complexity index is 664. The fourth-order valence-corrected chi connectivity index (χ4v) is 1.68. The van der Waals surface area contributed by atoms with Crippen molar-refractivity contribution in [1.29, 1.82) is 0 Å². The van der Waals surface area contributed by atoms with E-state index in [9.17, 15) is 9.18 Å². The van der Waals surface area contributed by atoms with Crippen LogP contribution in [0.25, 0.3) is 0 Å². The number of aromatic nitrogens is 2. The normalized spacial score (nSPS) is 10.3. The van der Waals surface area contributed by atoms with Gasteiger partial charge in [-0.15, -0.1) is 0 Å². The van der Waals surface area contributed by atoms with Crippen molar-refractivity contribution in [1.82, 2.24) is 9.97 Å². The van der Waals surface area contributed by atoms with Gasteiger partial charge >= 0.3 is 5.97 Å². The standard InChI is InChI=1S/C13H10ClFN2O3/c1-7-9(13(18)19)5-16-12(17-7)6-20-8-2-3-11(15)10(14)4-8/h2-5H,6H2,1H3,(H,18,19). The third-order valence-corrected chi connectivity index (χ3v) is 2.81. The van der Waals surface area contributed by atoms with Crippen LogP contribution in [0, 0.1) is 12.7 Å². The van der Waals surface area contributed by atoms with Crippen LogP contribution in [-0.2, 0) is 6.61 Å². The number of aromatic carboxylic acids is 1. The molecule has 0 unspecified atom stereocenters. The van der Waals surface area contributed by atoms with Crippen molar-refractivity contribution in [3.05, 3.63) is 52.3 Å². The molecule has 0 aliphatic heterocycles. The highest BCUT2D eigenvalue weighted by Gasteiger charge is 2.10. The van der Waals surface area contributed by atoms with Crippen LogP contribution in [0.4, 0.5) is 4.39 Å². The number of benzene rings is 1. The van der Waals surface area contributed by atoms with Crippen LogP contribution in [0.1, 0.15) is 21.9 Å². The predicted octanol–water partition coefficient (Wildman–Crippen LogP) is 2.85. The minimum atomic E-state index is -1.08. The van der Waals surface area contributed by atoms with Crippen LogP contribution in [-0.4, -0.2) is 21.0 Å². The van der Waals surface area contributed by atoms with Crippen LogP contribution in [0.5, 0.6) is 5.75 Å². The summed E-state index contributed by atoms with van der Waals surface area (Å²) in [6, 6.07) is 3.96. The van der Waals surface area contributed by atoms with Gasteiger partial charge in [-0.2, -0.15) is 0 Å². The summed E-state index contributed by atoms with van der Waals surface area (Å²) in [5, 5.41) is 8.82. The van der Waals surface area contributed by atoms with Gasteiger partial charge in [0.25, 0.3) is 0 Å². The molecule has 0 saturated heterocycles. The molecular weight excluding hydrogens is 287 g/mol. The van der Waals surface area contributed by atoms with Crippen molar-refractivity contribution >= 4 is 17.6 Å². The molecule has 0 spiro atoms. The molecule has 1 aromatic heterocycles. The number of ether oxygens (including phenoxy) is 1. The van der Waals surface area contributed by atoms with Gasteiger partial charge in [0, 0.05) is 12.3 Å². The average Bonchev–Trinajstić information content (AvgIpc) is 2.40. The number of rotatable bonds is 4. The van der Waals surface area contributed by atoms with Crippen LogP contribution in [0.15, 0.2) is 24.4 Å². The maximum absolute atomic E-state index is 13.0. The monoisotopic (exact) mass is 296 g/mol. The van der Waals surface area contributed by atoms with Crippen molar-refractivity contribution in [2.75, 3.05) is 0 Å². The van der Waals surface area contributed by atoms with E-state index >= 15 is 0 Å². The minimum absolute atomic E-state index is 0.0305. The largest absolute Gasteiger partial charge is 0.486 e. The van der Waals surface area contributed by atoms with Crippen LogP contribution >= 0.6 is 11.6 Å². The van der Waals surface area contributed by atoms with Gasteiger partial charge < -0.3 is 9.84 Å². The Morgan fingerprint density at radius 3 is 2.85 bits per heavy atom. The first-order chi connectivity index (χ1) is 9.47. The minimum Gasteiger partial charge on any atom is -0.486 e. The molecule has 104 valence electrons. The zero-order chi connectivity index (χ0) is 14.7. The number of carbonyl (C=O) groups is 1. The zero-order valence-electron chi connectivity index (χ0n) is 10.4. The van der Waals surface area contributed by atoms with Crippen molar-refractivity contribution in [3.63, 3.8) is 0 Å². The summed E-state index contributed by atoms with van der Waals surface area (Å²) in [7, 11) is 0. The predicted molar refractivity (Wildman–Crippen MR) is 69.5 cm³/mol. The number of hydrogen-bond acceptors (Lipinski definition) is 4. The van der Waals surface area contributed by atoms with Gasteiger partial charge in [-0.25, -0.2) is 19.2 Å². The summed E-state index contributed by atoms with van der Waals surface area (Å²) in [6.07, 6.45) is 1.22. The molecule has 0 bridgehead atoms. The molecule has 2 rings (SSSR count). The molecular formula is C13H10ClFN2O3. The van der Waals surface area contributed by atoms with E-state index in [4.69, 9.17) is 21.4 Å². The Kier molecular flexibility index (Phi) is 4.14. The lowest BCUT2D eigenvalue weighted by Crippen LogP contribution is -2.08. The first-order valence-electron chi connectivity index (χ1n) is 5.61. The maximum atomic E-state index is 13.0. The van der Waals surface area contributed by atoms with Gasteiger partial charge in [-0.1, -0.05) is 11.6 Å². The Morgan fingerprint density at radius 2 is 2.25 bits per heavy atom. The highest BCUT2D eigenvalue weighted by molar-refractivity contribution is 6.30. The van der Waals surface area contributed by atoms with E-state index in [1.807, 2.05) is 0 Å². The Balaban J connectivity index is 2.09. The van der Waals surface area contributed by atoms with Crippen LogP contribution in [0.2, 0.25) is 5.02 Å². The lowest BCUT2D eigenvalue weighted by atomic mass is 10.2. The van der Waals surface area contributed by atoms with Gasteiger partial charge in [-0.3, -0.25) is 0 Å². The van der Waals surface area contributed by atoms with E-state index in [0.717, 1.165) is 0 Å². The van der Waals surface area contributed by atoms with Gasteiger partial charge in [0.05, 0.1) is 16.3 Å². The van der Waals surface area contributed by atoms with Gasteiger partial charge in [0.1, 0.15) is 18.2 Å².